The predicted octanol–water partition coefficient (Wildman–Crippen LogP) is 3.01. The van der Waals surface area contributed by atoms with Crippen molar-refractivity contribution in [3.8, 4) is 28.3 Å². The molecule has 0 radical (unpaired) electrons. The Labute approximate surface area is 252 Å². The standard InChI is InChI=1S/C31H31ClN6O5/c1-17-20(7-6-10-24(17)35-28(40)23-16-37(2)31(42)38(3)30(23)41)21-8-5-9-22(27(21)32)25-12-11-18(29(36-25)43-4)14-33-19-13-26(39)34-15-19/h5-12,16,19,33H,13-15H2,1-4H3,(H,34,39)(H,35,40)/t19-/m0/s1. The summed E-state index contributed by atoms with van der Waals surface area (Å²) >= 11 is 6.97. The highest BCUT2D eigenvalue weighted by molar-refractivity contribution is 6.36. The fourth-order valence-electron chi connectivity index (χ4n) is 5.09. The van der Waals surface area contributed by atoms with Gasteiger partial charge in [0, 0.05) is 68.2 Å². The van der Waals surface area contributed by atoms with E-state index in [0.29, 0.717) is 47.4 Å². The highest BCUT2D eigenvalue weighted by Crippen LogP contribution is 2.39. The molecule has 11 nitrogen and oxygen atoms in total. The van der Waals surface area contributed by atoms with Crippen LogP contribution in [0.15, 0.2) is 64.3 Å². The van der Waals surface area contributed by atoms with Crippen LogP contribution in [0, 0.1) is 6.92 Å². The fraction of sp³-hybridized carbons (Fsp3) is 0.258. The van der Waals surface area contributed by atoms with E-state index in [1.807, 2.05) is 43.3 Å². The number of aryl methyl sites for hydroxylation is 1. The summed E-state index contributed by atoms with van der Waals surface area (Å²) in [7, 11) is 4.36. The Morgan fingerprint density at radius 2 is 1.79 bits per heavy atom. The number of benzene rings is 2. The third-order valence-electron chi connectivity index (χ3n) is 7.53. The quantitative estimate of drug-likeness (QED) is 0.282. The molecule has 2 amide bonds. The molecule has 4 aromatic rings. The SMILES string of the molecule is COc1nc(-c2cccc(-c3cccc(NC(=O)c4cn(C)c(=O)n(C)c4=O)c3C)c2Cl)ccc1CN[C@@H]1CNC(=O)C1. The van der Waals surface area contributed by atoms with Crippen LogP contribution in [0.3, 0.4) is 0 Å². The van der Waals surface area contributed by atoms with Crippen LogP contribution in [-0.4, -0.2) is 45.6 Å². The number of amides is 2. The largest absolute Gasteiger partial charge is 0.481 e. The van der Waals surface area contributed by atoms with E-state index in [-0.39, 0.29) is 17.5 Å². The molecule has 0 saturated carbocycles. The zero-order valence-corrected chi connectivity index (χ0v) is 24.9. The highest BCUT2D eigenvalue weighted by atomic mass is 35.5. The summed E-state index contributed by atoms with van der Waals surface area (Å²) in [5.74, 6) is -0.141. The van der Waals surface area contributed by atoms with Gasteiger partial charge in [-0.2, -0.15) is 0 Å². The number of methoxy groups -OCH3 is 1. The Kier molecular flexibility index (Phi) is 8.47. The number of anilines is 1. The van der Waals surface area contributed by atoms with Crippen LogP contribution in [-0.2, 0) is 25.4 Å². The Morgan fingerprint density at radius 1 is 1.07 bits per heavy atom. The van der Waals surface area contributed by atoms with Crippen LogP contribution in [0.1, 0.15) is 27.9 Å². The van der Waals surface area contributed by atoms with Gasteiger partial charge in [-0.3, -0.25) is 19.0 Å². The molecule has 0 aliphatic carbocycles. The number of carbonyl (C=O) groups is 2. The van der Waals surface area contributed by atoms with Gasteiger partial charge in [0.1, 0.15) is 5.56 Å². The minimum Gasteiger partial charge on any atom is -0.481 e. The second-order valence-corrected chi connectivity index (χ2v) is 10.7. The first-order valence-corrected chi connectivity index (χ1v) is 14.0. The van der Waals surface area contributed by atoms with Gasteiger partial charge in [0.2, 0.25) is 11.8 Å². The van der Waals surface area contributed by atoms with E-state index in [0.717, 1.165) is 26.8 Å². The van der Waals surface area contributed by atoms with Crippen molar-refractivity contribution in [3.05, 3.63) is 97.3 Å². The lowest BCUT2D eigenvalue weighted by Gasteiger charge is -2.16. The molecule has 1 fully saturated rings. The van der Waals surface area contributed by atoms with Crippen molar-refractivity contribution < 1.29 is 14.3 Å². The topological polar surface area (TPSA) is 136 Å². The van der Waals surface area contributed by atoms with Crippen molar-refractivity contribution >= 4 is 29.1 Å². The number of ether oxygens (including phenoxy) is 1. The maximum Gasteiger partial charge on any atom is 0.330 e. The van der Waals surface area contributed by atoms with Crippen LogP contribution in [0.4, 0.5) is 5.69 Å². The maximum atomic E-state index is 13.1. The molecule has 5 rings (SSSR count). The van der Waals surface area contributed by atoms with Crippen LogP contribution in [0.5, 0.6) is 5.88 Å². The van der Waals surface area contributed by atoms with Crippen LogP contribution >= 0.6 is 11.6 Å². The normalized spacial score (nSPS) is 14.4. The minimum absolute atomic E-state index is 0.0330. The Hall–Kier alpha value is -4.74. The molecule has 12 heteroatoms. The first-order chi connectivity index (χ1) is 20.6. The zero-order chi connectivity index (χ0) is 30.8. The van der Waals surface area contributed by atoms with Crippen molar-refractivity contribution in [2.24, 2.45) is 14.1 Å². The van der Waals surface area contributed by atoms with Gasteiger partial charge in [0.15, 0.2) is 0 Å². The molecule has 2 aromatic carbocycles. The second-order valence-electron chi connectivity index (χ2n) is 10.4. The summed E-state index contributed by atoms with van der Waals surface area (Å²) in [4.78, 5) is 53.9. The van der Waals surface area contributed by atoms with E-state index in [2.05, 4.69) is 16.0 Å². The van der Waals surface area contributed by atoms with E-state index >= 15 is 0 Å². The summed E-state index contributed by atoms with van der Waals surface area (Å²) in [5, 5.41) is 9.45. The van der Waals surface area contributed by atoms with Gasteiger partial charge in [-0.25, -0.2) is 9.78 Å². The summed E-state index contributed by atoms with van der Waals surface area (Å²) in [5.41, 5.74) is 3.57. The average Bonchev–Trinajstić information content (AvgIpc) is 3.42. The van der Waals surface area contributed by atoms with Gasteiger partial charge >= 0.3 is 5.69 Å². The minimum atomic E-state index is -0.680. The number of hydrogen-bond acceptors (Lipinski definition) is 7. The monoisotopic (exact) mass is 602 g/mol. The molecule has 1 atom stereocenters. The molecule has 1 saturated heterocycles. The highest BCUT2D eigenvalue weighted by Gasteiger charge is 2.22. The number of halogens is 1. The lowest BCUT2D eigenvalue weighted by Crippen LogP contribution is -2.40. The van der Waals surface area contributed by atoms with Crippen LogP contribution < -0.4 is 31.9 Å². The predicted molar refractivity (Wildman–Crippen MR) is 165 cm³/mol. The van der Waals surface area contributed by atoms with Crippen molar-refractivity contribution in [1.82, 2.24) is 24.8 Å². The van der Waals surface area contributed by atoms with E-state index < -0.39 is 17.2 Å². The zero-order valence-electron chi connectivity index (χ0n) is 24.2. The van der Waals surface area contributed by atoms with Gasteiger partial charge in [0.25, 0.3) is 11.5 Å². The molecule has 0 spiro atoms. The summed E-state index contributed by atoms with van der Waals surface area (Å²) in [6.07, 6.45) is 1.67. The maximum absolute atomic E-state index is 13.1. The number of aromatic nitrogens is 3. The number of nitrogens with one attached hydrogen (secondary N) is 3. The Balaban J connectivity index is 1.43. The summed E-state index contributed by atoms with van der Waals surface area (Å²) in [6, 6.07) is 14.9. The molecule has 3 heterocycles. The van der Waals surface area contributed by atoms with Crippen LogP contribution in [0.2, 0.25) is 5.02 Å². The molecular weight excluding hydrogens is 572 g/mol. The average molecular weight is 603 g/mol. The molecule has 0 unspecified atom stereocenters. The molecule has 1 aliphatic rings. The van der Waals surface area contributed by atoms with E-state index in [4.69, 9.17) is 21.3 Å². The first-order valence-electron chi connectivity index (χ1n) is 13.6. The third kappa shape index (κ3) is 5.95. The van der Waals surface area contributed by atoms with E-state index in [1.54, 1.807) is 19.2 Å². The molecule has 0 bridgehead atoms. The number of rotatable bonds is 8. The number of pyridine rings is 1. The molecule has 2 aromatic heterocycles. The number of nitrogens with zero attached hydrogens (tertiary/aromatic N) is 3. The summed E-state index contributed by atoms with van der Waals surface area (Å²) < 4.78 is 7.66. The lowest BCUT2D eigenvalue weighted by atomic mass is 9.96. The summed E-state index contributed by atoms with van der Waals surface area (Å²) in [6.45, 7) is 2.93. The van der Waals surface area contributed by atoms with E-state index in [9.17, 15) is 19.2 Å². The molecule has 222 valence electrons. The Morgan fingerprint density at radius 3 is 2.51 bits per heavy atom. The number of hydrogen-bond donors (Lipinski definition) is 3. The van der Waals surface area contributed by atoms with Gasteiger partial charge in [-0.1, -0.05) is 48.0 Å². The van der Waals surface area contributed by atoms with Gasteiger partial charge in [-0.05, 0) is 30.2 Å². The Bertz CT molecular complexity index is 1860. The smallest absolute Gasteiger partial charge is 0.330 e. The molecule has 1 aliphatic heterocycles. The van der Waals surface area contributed by atoms with Gasteiger partial charge < -0.3 is 25.3 Å². The van der Waals surface area contributed by atoms with Gasteiger partial charge in [-0.15, -0.1) is 0 Å². The fourth-order valence-corrected chi connectivity index (χ4v) is 5.41. The third-order valence-corrected chi connectivity index (χ3v) is 7.94. The van der Waals surface area contributed by atoms with Crippen LogP contribution in [0.25, 0.3) is 22.4 Å². The first kappa shape index (κ1) is 29.7. The lowest BCUT2D eigenvalue weighted by molar-refractivity contribution is -0.119. The molecular formula is C31H31ClN6O5. The van der Waals surface area contributed by atoms with Crippen molar-refractivity contribution in [3.63, 3.8) is 0 Å². The van der Waals surface area contributed by atoms with E-state index in [1.165, 1.54) is 24.9 Å². The molecule has 43 heavy (non-hydrogen) atoms. The second kappa shape index (κ2) is 12.2. The van der Waals surface area contributed by atoms with Crippen molar-refractivity contribution in [2.75, 3.05) is 19.0 Å². The number of carbonyl (C=O) groups excluding carboxylic acids is 2. The molecule has 3 N–H and O–H groups in total. The van der Waals surface area contributed by atoms with Gasteiger partial charge in [0.05, 0.1) is 17.8 Å². The van der Waals surface area contributed by atoms with Crippen molar-refractivity contribution in [1.29, 1.82) is 0 Å². The van der Waals surface area contributed by atoms with Crippen molar-refractivity contribution in [2.45, 2.75) is 25.9 Å².